The van der Waals surface area contributed by atoms with Crippen molar-refractivity contribution < 1.29 is 9.53 Å². The lowest BCUT2D eigenvalue weighted by molar-refractivity contribution is 0.0526. The number of esters is 1. The van der Waals surface area contributed by atoms with Crippen LogP contribution in [-0.2, 0) is 11.2 Å². The van der Waals surface area contributed by atoms with Crippen molar-refractivity contribution in [3.8, 4) is 0 Å². The summed E-state index contributed by atoms with van der Waals surface area (Å²) in [5.41, 5.74) is 1.86. The van der Waals surface area contributed by atoms with Gasteiger partial charge in [0.2, 0.25) is 0 Å². The van der Waals surface area contributed by atoms with Crippen molar-refractivity contribution in [3.05, 3.63) is 21.4 Å². The Hall–Kier alpha value is -0.830. The summed E-state index contributed by atoms with van der Waals surface area (Å²) in [5, 5.41) is 1.93. The van der Waals surface area contributed by atoms with E-state index < -0.39 is 0 Å². The van der Waals surface area contributed by atoms with Crippen LogP contribution in [0.2, 0.25) is 0 Å². The van der Waals surface area contributed by atoms with E-state index in [4.69, 9.17) is 4.74 Å². The maximum atomic E-state index is 11.6. The molecule has 0 saturated carbocycles. The Labute approximate surface area is 102 Å². The Morgan fingerprint density at radius 3 is 2.75 bits per heavy atom. The summed E-state index contributed by atoms with van der Waals surface area (Å²) in [4.78, 5) is 12.9. The van der Waals surface area contributed by atoms with Crippen LogP contribution >= 0.6 is 11.3 Å². The minimum atomic E-state index is -0.182. The summed E-state index contributed by atoms with van der Waals surface area (Å²) in [6.07, 6.45) is 4.78. The van der Waals surface area contributed by atoms with E-state index in [1.54, 1.807) is 11.3 Å². The third kappa shape index (κ3) is 3.34. The number of rotatable bonds is 6. The number of carbonyl (C=O) groups excluding carboxylic acids is 1. The number of unbranched alkanes of at least 4 members (excludes halogenated alkanes) is 2. The first-order chi connectivity index (χ1) is 7.70. The van der Waals surface area contributed by atoms with Crippen molar-refractivity contribution >= 4 is 17.3 Å². The number of thiophene rings is 1. The molecule has 0 amide bonds. The molecule has 1 aromatic rings. The lowest BCUT2D eigenvalue weighted by atomic mass is 10.1. The smallest absolute Gasteiger partial charge is 0.339 e. The first-order valence-electron chi connectivity index (χ1n) is 5.94. The zero-order valence-electron chi connectivity index (χ0n) is 10.3. The standard InChI is InChI=1S/C13H20O2S/c1-4-6-7-8-12-10(3)11(9-16-12)13(14)15-5-2/h9H,4-8H2,1-3H3. The molecule has 0 spiro atoms. The second-order valence-electron chi connectivity index (χ2n) is 3.88. The van der Waals surface area contributed by atoms with E-state index >= 15 is 0 Å². The van der Waals surface area contributed by atoms with E-state index in [1.807, 2.05) is 19.2 Å². The maximum Gasteiger partial charge on any atom is 0.339 e. The van der Waals surface area contributed by atoms with Gasteiger partial charge in [-0.2, -0.15) is 0 Å². The van der Waals surface area contributed by atoms with Gasteiger partial charge in [-0.05, 0) is 32.3 Å². The van der Waals surface area contributed by atoms with E-state index in [9.17, 15) is 4.79 Å². The van der Waals surface area contributed by atoms with E-state index in [-0.39, 0.29) is 5.97 Å². The topological polar surface area (TPSA) is 26.3 Å². The molecule has 0 fully saturated rings. The third-order valence-corrected chi connectivity index (χ3v) is 3.79. The number of hydrogen-bond donors (Lipinski definition) is 0. The molecule has 90 valence electrons. The van der Waals surface area contributed by atoms with Gasteiger partial charge in [-0.25, -0.2) is 4.79 Å². The molecule has 0 aliphatic carbocycles. The molecule has 0 aliphatic heterocycles. The summed E-state index contributed by atoms with van der Waals surface area (Å²) < 4.78 is 5.02. The average molecular weight is 240 g/mol. The van der Waals surface area contributed by atoms with Crippen LogP contribution in [0.4, 0.5) is 0 Å². The number of aryl methyl sites for hydroxylation is 1. The molecule has 16 heavy (non-hydrogen) atoms. The Morgan fingerprint density at radius 2 is 2.12 bits per heavy atom. The first kappa shape index (κ1) is 13.2. The number of hydrogen-bond acceptors (Lipinski definition) is 3. The summed E-state index contributed by atoms with van der Waals surface area (Å²) >= 11 is 1.68. The molecule has 0 atom stereocenters. The van der Waals surface area contributed by atoms with Gasteiger partial charge in [0, 0.05) is 10.3 Å². The second kappa shape index (κ2) is 6.69. The summed E-state index contributed by atoms with van der Waals surface area (Å²) in [5.74, 6) is -0.182. The van der Waals surface area contributed by atoms with Gasteiger partial charge in [0.15, 0.2) is 0 Å². The molecule has 0 bridgehead atoms. The van der Waals surface area contributed by atoms with E-state index in [0.29, 0.717) is 6.61 Å². The summed E-state index contributed by atoms with van der Waals surface area (Å²) in [7, 11) is 0. The van der Waals surface area contributed by atoms with Crippen LogP contribution in [-0.4, -0.2) is 12.6 Å². The Bertz CT molecular complexity index is 342. The van der Waals surface area contributed by atoms with Crippen LogP contribution in [0.5, 0.6) is 0 Å². The Kier molecular flexibility index (Phi) is 5.53. The van der Waals surface area contributed by atoms with E-state index in [2.05, 4.69) is 6.92 Å². The molecule has 0 saturated heterocycles. The minimum absolute atomic E-state index is 0.182. The van der Waals surface area contributed by atoms with Crippen LogP contribution in [0.3, 0.4) is 0 Å². The van der Waals surface area contributed by atoms with Gasteiger partial charge in [0.25, 0.3) is 0 Å². The minimum Gasteiger partial charge on any atom is -0.462 e. The van der Waals surface area contributed by atoms with Crippen molar-refractivity contribution in [2.45, 2.75) is 46.5 Å². The fourth-order valence-corrected chi connectivity index (χ4v) is 2.73. The van der Waals surface area contributed by atoms with Crippen LogP contribution in [0.25, 0.3) is 0 Å². The molecule has 1 rings (SSSR count). The summed E-state index contributed by atoms with van der Waals surface area (Å²) in [6, 6.07) is 0. The SMILES string of the molecule is CCCCCc1scc(C(=O)OCC)c1C. The molecule has 1 aromatic heterocycles. The van der Waals surface area contributed by atoms with Crippen molar-refractivity contribution in [2.24, 2.45) is 0 Å². The molecular weight excluding hydrogens is 220 g/mol. The lowest BCUT2D eigenvalue weighted by Crippen LogP contribution is -2.05. The fraction of sp³-hybridized carbons (Fsp3) is 0.615. The van der Waals surface area contributed by atoms with Gasteiger partial charge in [-0.3, -0.25) is 0 Å². The quantitative estimate of drug-likeness (QED) is 0.555. The van der Waals surface area contributed by atoms with Gasteiger partial charge in [-0.1, -0.05) is 19.8 Å². The number of ether oxygens (including phenoxy) is 1. The van der Waals surface area contributed by atoms with Crippen molar-refractivity contribution in [1.29, 1.82) is 0 Å². The molecule has 0 unspecified atom stereocenters. The second-order valence-corrected chi connectivity index (χ2v) is 4.84. The third-order valence-electron chi connectivity index (χ3n) is 2.64. The first-order valence-corrected chi connectivity index (χ1v) is 6.82. The van der Waals surface area contributed by atoms with Crippen LogP contribution < -0.4 is 0 Å². The van der Waals surface area contributed by atoms with Crippen LogP contribution in [0, 0.1) is 6.92 Å². The molecule has 3 heteroatoms. The highest BCUT2D eigenvalue weighted by Crippen LogP contribution is 2.24. The average Bonchev–Trinajstić information content (AvgIpc) is 2.61. The van der Waals surface area contributed by atoms with Crippen molar-refractivity contribution in [1.82, 2.24) is 0 Å². The van der Waals surface area contributed by atoms with E-state index in [1.165, 1.54) is 24.1 Å². The van der Waals surface area contributed by atoms with E-state index in [0.717, 1.165) is 17.5 Å². The zero-order valence-corrected chi connectivity index (χ0v) is 11.2. The normalized spacial score (nSPS) is 10.4. The molecule has 2 nitrogen and oxygen atoms in total. The van der Waals surface area contributed by atoms with Crippen molar-refractivity contribution in [2.75, 3.05) is 6.61 Å². The Balaban J connectivity index is 2.64. The van der Waals surface area contributed by atoms with Gasteiger partial charge in [-0.15, -0.1) is 11.3 Å². The molecule has 0 aromatic carbocycles. The monoisotopic (exact) mass is 240 g/mol. The highest BCUT2D eigenvalue weighted by atomic mass is 32.1. The number of carbonyl (C=O) groups is 1. The van der Waals surface area contributed by atoms with Gasteiger partial charge >= 0.3 is 5.97 Å². The highest BCUT2D eigenvalue weighted by Gasteiger charge is 2.14. The molecule has 1 heterocycles. The predicted octanol–water partition coefficient (Wildman–Crippen LogP) is 3.97. The maximum absolute atomic E-state index is 11.6. The highest BCUT2D eigenvalue weighted by molar-refractivity contribution is 7.10. The zero-order chi connectivity index (χ0) is 12.0. The molecule has 0 aliphatic rings. The lowest BCUT2D eigenvalue weighted by Gasteiger charge is -2.02. The predicted molar refractivity (Wildman–Crippen MR) is 68.2 cm³/mol. The van der Waals surface area contributed by atoms with Gasteiger partial charge in [0.1, 0.15) is 0 Å². The molecule has 0 radical (unpaired) electrons. The van der Waals surface area contributed by atoms with Gasteiger partial charge in [0.05, 0.1) is 12.2 Å². The molecule has 0 N–H and O–H groups in total. The van der Waals surface area contributed by atoms with Crippen molar-refractivity contribution in [3.63, 3.8) is 0 Å². The summed E-state index contributed by atoms with van der Waals surface area (Å²) in [6.45, 7) is 6.50. The molecular formula is C13H20O2S. The van der Waals surface area contributed by atoms with Crippen LogP contribution in [0.15, 0.2) is 5.38 Å². The largest absolute Gasteiger partial charge is 0.462 e. The van der Waals surface area contributed by atoms with Crippen LogP contribution in [0.1, 0.15) is 53.9 Å². The van der Waals surface area contributed by atoms with Gasteiger partial charge < -0.3 is 4.74 Å². The fourth-order valence-electron chi connectivity index (χ4n) is 1.65. The Morgan fingerprint density at radius 1 is 1.38 bits per heavy atom.